The van der Waals surface area contributed by atoms with Crippen LogP contribution in [-0.2, 0) is 11.3 Å². The Bertz CT molecular complexity index is 1140. The third-order valence-electron chi connectivity index (χ3n) is 6.09. The number of aliphatic hydroxyl groups is 1. The summed E-state index contributed by atoms with van der Waals surface area (Å²) in [5.74, 6) is 0.834. The van der Waals surface area contributed by atoms with Crippen molar-refractivity contribution in [3.05, 3.63) is 59.8 Å². The number of hydrogen-bond donors (Lipinski definition) is 3. The minimum Gasteiger partial charge on any atom is -0.454 e. The third-order valence-corrected chi connectivity index (χ3v) is 6.09. The maximum atomic E-state index is 13.0. The van der Waals surface area contributed by atoms with Gasteiger partial charge >= 0.3 is 0 Å². The molecule has 3 N–H and O–H groups in total. The lowest BCUT2D eigenvalue weighted by Gasteiger charge is -2.36. The van der Waals surface area contributed by atoms with E-state index in [1.165, 1.54) is 0 Å². The highest BCUT2D eigenvalue weighted by atomic mass is 16.7. The normalized spacial score (nSPS) is 16.7. The molecule has 3 heterocycles. The number of carbonyl (C=O) groups is 2. The number of nitrogens with one attached hydrogen (secondary N) is 2. The Balaban J connectivity index is 1.15. The van der Waals surface area contributed by atoms with E-state index >= 15 is 0 Å². The van der Waals surface area contributed by atoms with Crippen LogP contribution in [0.15, 0.2) is 48.5 Å². The Labute approximate surface area is 190 Å². The number of amides is 2. The van der Waals surface area contributed by atoms with Crippen LogP contribution in [0.2, 0.25) is 0 Å². The SMILES string of the molecule is O=C(NC(CO)C(=O)N1CCN(Cc2ccc3c(c2)OCO3)CC1)c1cc2ccccc2[nH]1. The molecule has 2 aromatic carbocycles. The summed E-state index contributed by atoms with van der Waals surface area (Å²) in [5.41, 5.74) is 2.32. The van der Waals surface area contributed by atoms with E-state index in [1.54, 1.807) is 11.0 Å². The van der Waals surface area contributed by atoms with Crippen molar-refractivity contribution in [3.63, 3.8) is 0 Å². The van der Waals surface area contributed by atoms with Gasteiger partial charge in [-0.3, -0.25) is 14.5 Å². The minimum absolute atomic E-state index is 0.252. The van der Waals surface area contributed by atoms with Gasteiger partial charge in [0, 0.05) is 43.6 Å². The van der Waals surface area contributed by atoms with Crippen LogP contribution in [0, 0.1) is 0 Å². The van der Waals surface area contributed by atoms with E-state index in [1.807, 2.05) is 42.5 Å². The predicted molar refractivity (Wildman–Crippen MR) is 121 cm³/mol. The number of fused-ring (bicyclic) bond motifs is 2. The lowest BCUT2D eigenvalue weighted by Crippen LogP contribution is -2.55. The Morgan fingerprint density at radius 2 is 1.82 bits per heavy atom. The fourth-order valence-electron chi connectivity index (χ4n) is 4.26. The van der Waals surface area contributed by atoms with Crippen molar-refractivity contribution in [2.75, 3.05) is 39.6 Å². The second-order valence-corrected chi connectivity index (χ2v) is 8.27. The fourth-order valence-corrected chi connectivity index (χ4v) is 4.26. The number of ether oxygens (including phenoxy) is 2. The van der Waals surface area contributed by atoms with E-state index in [2.05, 4.69) is 15.2 Å². The topological polar surface area (TPSA) is 107 Å². The first kappa shape index (κ1) is 21.3. The predicted octanol–water partition coefficient (Wildman–Crippen LogP) is 1.33. The first-order chi connectivity index (χ1) is 16.1. The van der Waals surface area contributed by atoms with Crippen LogP contribution in [0.4, 0.5) is 0 Å². The monoisotopic (exact) mass is 450 g/mol. The molecule has 9 heteroatoms. The van der Waals surface area contributed by atoms with Gasteiger partial charge < -0.3 is 29.8 Å². The molecule has 0 spiro atoms. The van der Waals surface area contributed by atoms with Gasteiger partial charge in [0.05, 0.1) is 6.61 Å². The van der Waals surface area contributed by atoms with E-state index in [4.69, 9.17) is 9.47 Å². The summed E-state index contributed by atoms with van der Waals surface area (Å²) in [7, 11) is 0. The highest BCUT2D eigenvalue weighted by Crippen LogP contribution is 2.32. The number of aromatic nitrogens is 1. The minimum atomic E-state index is -0.982. The quantitative estimate of drug-likeness (QED) is 0.523. The van der Waals surface area contributed by atoms with Crippen molar-refractivity contribution in [1.82, 2.24) is 20.1 Å². The maximum Gasteiger partial charge on any atom is 0.268 e. The van der Waals surface area contributed by atoms with Crippen molar-refractivity contribution in [2.24, 2.45) is 0 Å². The number of nitrogens with zero attached hydrogens (tertiary/aromatic N) is 2. The molecule has 33 heavy (non-hydrogen) atoms. The van der Waals surface area contributed by atoms with Crippen LogP contribution in [-0.4, -0.2) is 77.3 Å². The summed E-state index contributed by atoms with van der Waals surface area (Å²) in [5, 5.41) is 13.4. The Morgan fingerprint density at radius 3 is 2.61 bits per heavy atom. The summed E-state index contributed by atoms with van der Waals surface area (Å²) < 4.78 is 10.8. The number of hydrogen-bond acceptors (Lipinski definition) is 6. The van der Waals surface area contributed by atoms with Gasteiger partial charge in [0.2, 0.25) is 12.7 Å². The molecule has 1 unspecified atom stereocenters. The molecule has 0 aliphatic carbocycles. The second kappa shape index (κ2) is 9.13. The molecule has 1 aromatic heterocycles. The van der Waals surface area contributed by atoms with Crippen LogP contribution in [0.3, 0.4) is 0 Å². The van der Waals surface area contributed by atoms with Gasteiger partial charge in [-0.05, 0) is 29.8 Å². The summed E-state index contributed by atoms with van der Waals surface area (Å²) in [6, 6.07) is 14.2. The zero-order valence-electron chi connectivity index (χ0n) is 18.1. The molecule has 172 valence electrons. The van der Waals surface area contributed by atoms with Crippen molar-refractivity contribution in [3.8, 4) is 11.5 Å². The first-order valence-corrected chi connectivity index (χ1v) is 11.0. The average molecular weight is 450 g/mol. The Hall–Kier alpha value is -3.56. The highest BCUT2D eigenvalue weighted by molar-refractivity contribution is 6.00. The van der Waals surface area contributed by atoms with E-state index < -0.39 is 18.6 Å². The number of para-hydroxylation sites is 1. The summed E-state index contributed by atoms with van der Waals surface area (Å²) in [6.45, 7) is 3.01. The zero-order chi connectivity index (χ0) is 22.8. The molecular weight excluding hydrogens is 424 g/mol. The van der Waals surface area contributed by atoms with Crippen LogP contribution in [0.5, 0.6) is 11.5 Å². The lowest BCUT2D eigenvalue weighted by molar-refractivity contribution is -0.136. The highest BCUT2D eigenvalue weighted by Gasteiger charge is 2.29. The Morgan fingerprint density at radius 1 is 1.03 bits per heavy atom. The summed E-state index contributed by atoms with van der Waals surface area (Å²) in [6.07, 6.45) is 0. The molecule has 5 rings (SSSR count). The lowest BCUT2D eigenvalue weighted by atomic mass is 10.1. The zero-order valence-corrected chi connectivity index (χ0v) is 18.1. The van der Waals surface area contributed by atoms with Crippen molar-refractivity contribution < 1.29 is 24.2 Å². The molecule has 0 radical (unpaired) electrons. The van der Waals surface area contributed by atoms with Gasteiger partial charge in [0.25, 0.3) is 5.91 Å². The standard InChI is InChI=1S/C24H26N4O5/c29-14-20(26-23(30)19-12-17-3-1-2-4-18(17)25-19)24(31)28-9-7-27(8-10-28)13-16-5-6-21-22(11-16)33-15-32-21/h1-6,11-12,20,25,29H,7-10,13-15H2,(H,26,30). The summed E-state index contributed by atoms with van der Waals surface area (Å²) in [4.78, 5) is 32.6. The van der Waals surface area contributed by atoms with E-state index in [-0.39, 0.29) is 12.7 Å². The van der Waals surface area contributed by atoms with Crippen LogP contribution in [0.1, 0.15) is 16.1 Å². The molecule has 3 aromatic rings. The van der Waals surface area contributed by atoms with Gasteiger partial charge in [0.1, 0.15) is 11.7 Å². The van der Waals surface area contributed by atoms with Gasteiger partial charge in [-0.1, -0.05) is 24.3 Å². The second-order valence-electron chi connectivity index (χ2n) is 8.27. The number of rotatable bonds is 6. The summed E-state index contributed by atoms with van der Waals surface area (Å²) >= 11 is 0. The fraction of sp³-hybridized carbons (Fsp3) is 0.333. The molecule has 2 aliphatic rings. The number of benzene rings is 2. The van der Waals surface area contributed by atoms with Crippen molar-refractivity contribution >= 4 is 22.7 Å². The molecule has 2 amide bonds. The number of piperazine rings is 1. The number of H-pyrrole nitrogens is 1. The largest absolute Gasteiger partial charge is 0.454 e. The van der Waals surface area contributed by atoms with Gasteiger partial charge in [-0.25, -0.2) is 0 Å². The third kappa shape index (κ3) is 4.50. The van der Waals surface area contributed by atoms with Gasteiger partial charge in [-0.2, -0.15) is 0 Å². The molecule has 0 saturated carbocycles. The van der Waals surface area contributed by atoms with Gasteiger partial charge in [-0.15, -0.1) is 0 Å². The molecule has 1 atom stereocenters. The van der Waals surface area contributed by atoms with Crippen LogP contribution < -0.4 is 14.8 Å². The first-order valence-electron chi connectivity index (χ1n) is 11.0. The van der Waals surface area contributed by atoms with Crippen LogP contribution in [0.25, 0.3) is 10.9 Å². The average Bonchev–Trinajstić information content (AvgIpc) is 3.49. The van der Waals surface area contributed by atoms with Crippen molar-refractivity contribution in [2.45, 2.75) is 12.6 Å². The molecule has 1 saturated heterocycles. The van der Waals surface area contributed by atoms with E-state index in [0.29, 0.717) is 31.9 Å². The van der Waals surface area contributed by atoms with Gasteiger partial charge in [0.15, 0.2) is 11.5 Å². The molecular formula is C24H26N4O5. The molecule has 0 bridgehead atoms. The van der Waals surface area contributed by atoms with E-state index in [0.717, 1.165) is 34.5 Å². The maximum absolute atomic E-state index is 13.0. The number of aromatic amines is 1. The molecule has 2 aliphatic heterocycles. The van der Waals surface area contributed by atoms with Crippen LogP contribution >= 0.6 is 0 Å². The number of carbonyl (C=O) groups excluding carboxylic acids is 2. The molecule has 9 nitrogen and oxygen atoms in total. The number of aliphatic hydroxyl groups excluding tert-OH is 1. The van der Waals surface area contributed by atoms with E-state index in [9.17, 15) is 14.7 Å². The van der Waals surface area contributed by atoms with Crippen molar-refractivity contribution in [1.29, 1.82) is 0 Å². The molecule has 1 fully saturated rings. The Kier molecular flexibility index (Phi) is 5.89. The smallest absolute Gasteiger partial charge is 0.268 e.